The second-order valence-electron chi connectivity index (χ2n) is 16.2. The number of carboxylic acids is 1. The molecule has 0 radical (unpaired) electrons. The zero-order valence-electron chi connectivity index (χ0n) is 34.0. The number of rotatable bonds is 7. The number of carbonyl (C=O) groups is 2. The van der Waals surface area contributed by atoms with Crippen LogP contribution >= 0.6 is 0 Å². The highest BCUT2D eigenvalue weighted by atomic mass is 16.6. The lowest BCUT2D eigenvalue weighted by atomic mass is 9.90. The molecule has 0 saturated carbocycles. The Kier molecular flexibility index (Phi) is 17.5. The smallest absolute Gasteiger partial charge is 0.331 e. The van der Waals surface area contributed by atoms with Crippen LogP contribution in [0, 0.1) is 17.8 Å². The summed E-state index contributed by atoms with van der Waals surface area (Å²) in [6.45, 7) is 8.34. The molecule has 0 aliphatic carbocycles. The number of aliphatic carboxylic acids is 1. The topological polar surface area (TPSA) is 141 Å². The van der Waals surface area contributed by atoms with E-state index in [0.717, 1.165) is 31.3 Å². The largest absolute Gasteiger partial charge is 0.481 e. The van der Waals surface area contributed by atoms with Gasteiger partial charge in [0.05, 0.1) is 30.5 Å². The molecule has 6 aliphatic rings. The number of esters is 1. The van der Waals surface area contributed by atoms with Gasteiger partial charge in [-0.1, -0.05) is 118 Å². The number of unbranched alkanes of at least 4 members (excludes halogenated alkanes) is 1. The summed E-state index contributed by atoms with van der Waals surface area (Å²) >= 11 is 0. The maximum absolute atomic E-state index is 13.0. The lowest BCUT2D eigenvalue weighted by Crippen LogP contribution is -2.42. The van der Waals surface area contributed by atoms with Crippen LogP contribution in [0.3, 0.4) is 0 Å². The Hall–Kier alpha value is -3.64. The number of carbonyl (C=O) groups excluding carboxylic acids is 1. The van der Waals surface area contributed by atoms with E-state index in [2.05, 4.69) is 57.2 Å². The summed E-state index contributed by atoms with van der Waals surface area (Å²) in [5, 5.41) is 30.8. The number of aliphatic hydroxyl groups excluding tert-OH is 2. The first-order chi connectivity index (χ1) is 27.5. The van der Waals surface area contributed by atoms with Crippen LogP contribution in [0.25, 0.3) is 0 Å². The Bertz CT molecular complexity index is 1580. The molecule has 312 valence electrons. The van der Waals surface area contributed by atoms with Crippen LogP contribution in [-0.4, -0.2) is 94.4 Å². The molecule has 6 rings (SSSR count). The van der Waals surface area contributed by atoms with Crippen molar-refractivity contribution in [3.63, 3.8) is 0 Å². The average Bonchev–Trinajstić information content (AvgIpc) is 3.53. The van der Waals surface area contributed by atoms with Crippen LogP contribution < -0.4 is 0 Å². The molecule has 10 heteroatoms. The molecule has 0 aromatic heterocycles. The zero-order valence-corrected chi connectivity index (χ0v) is 34.0. The number of allylic oxidation sites excluding steroid dienone is 7. The summed E-state index contributed by atoms with van der Waals surface area (Å²) in [6, 6.07) is 0. The van der Waals surface area contributed by atoms with Gasteiger partial charge in [0, 0.05) is 30.8 Å². The third kappa shape index (κ3) is 13.7. The zero-order chi connectivity index (χ0) is 40.7. The van der Waals surface area contributed by atoms with Crippen LogP contribution in [0.5, 0.6) is 0 Å². The van der Waals surface area contributed by atoms with Gasteiger partial charge in [-0.25, -0.2) is 4.79 Å². The van der Waals surface area contributed by atoms with Gasteiger partial charge in [0.25, 0.3) is 0 Å². The molecule has 0 spiro atoms. The molecule has 6 aliphatic heterocycles. The number of fused-ring (bicyclic) bond motifs is 13. The third-order valence-electron chi connectivity index (χ3n) is 11.4. The highest BCUT2D eigenvalue weighted by Gasteiger charge is 2.45. The first kappa shape index (κ1) is 44.5. The lowest BCUT2D eigenvalue weighted by molar-refractivity contribution is -0.148. The van der Waals surface area contributed by atoms with Crippen molar-refractivity contribution in [2.45, 2.75) is 153 Å². The quantitative estimate of drug-likeness (QED) is 0.134. The molecule has 57 heavy (non-hydrogen) atoms. The number of carboxylic acid groups (broad SMARTS) is 1. The summed E-state index contributed by atoms with van der Waals surface area (Å²) in [5.41, 5.74) is 0.955. The predicted octanol–water partition coefficient (Wildman–Crippen LogP) is 7.60. The van der Waals surface area contributed by atoms with Crippen LogP contribution in [0.2, 0.25) is 0 Å². The molecular formula is C47H64O10. The number of ether oxygens (including phenoxy) is 5. The van der Waals surface area contributed by atoms with E-state index in [4.69, 9.17) is 28.8 Å². The van der Waals surface area contributed by atoms with Crippen molar-refractivity contribution >= 4 is 11.9 Å². The summed E-state index contributed by atoms with van der Waals surface area (Å²) in [4.78, 5) is 23.9. The fourth-order valence-corrected chi connectivity index (χ4v) is 8.01. The van der Waals surface area contributed by atoms with E-state index in [9.17, 15) is 19.8 Å². The van der Waals surface area contributed by atoms with E-state index in [-0.39, 0.29) is 60.8 Å². The first-order valence-corrected chi connectivity index (χ1v) is 20.9. The van der Waals surface area contributed by atoms with Crippen molar-refractivity contribution < 1.29 is 48.6 Å². The van der Waals surface area contributed by atoms with Gasteiger partial charge in [0.1, 0.15) is 30.5 Å². The molecule has 14 atom stereocenters. The van der Waals surface area contributed by atoms with Gasteiger partial charge in [0.15, 0.2) is 6.10 Å². The van der Waals surface area contributed by atoms with Crippen molar-refractivity contribution in [1.29, 1.82) is 0 Å². The minimum atomic E-state index is -1.09. The molecule has 14 unspecified atom stereocenters. The highest BCUT2D eigenvalue weighted by Crippen LogP contribution is 2.38. The number of aliphatic hydroxyl groups is 2. The van der Waals surface area contributed by atoms with Gasteiger partial charge >= 0.3 is 11.9 Å². The van der Waals surface area contributed by atoms with Gasteiger partial charge in [-0.2, -0.15) is 0 Å². The van der Waals surface area contributed by atoms with E-state index < -0.39 is 42.5 Å². The maximum Gasteiger partial charge on any atom is 0.331 e. The summed E-state index contributed by atoms with van der Waals surface area (Å²) in [5.74, 6) is -0.724. The van der Waals surface area contributed by atoms with Crippen LogP contribution in [0.4, 0.5) is 0 Å². The van der Waals surface area contributed by atoms with Crippen LogP contribution in [0.15, 0.2) is 109 Å². The Balaban J connectivity index is 1.28. The standard InChI is InChI=1S/C47H64O10/c1-31(17-14-15-23-44(49)50)29-33(3)47-41-28-26-35(53-47)18-10-6-5-7-11-19-36(48)46(52)40-27-25-32(2)37(54-40)21-16-22-38-34(4)42-30-43(55-38)39(56-42)20-12-8-9-13-24-45(51)57-41/h6,8-13,16,19-20,22,24-29,31-32,34-43,46-48,52H,5,7,14-15,17-18,21,23,30H2,1-4H3,(H,49,50)/b9-8?,10-6?,19-11-,20-12?,22-16?,24-13+,33-29?. The molecule has 0 amide bonds. The van der Waals surface area contributed by atoms with E-state index in [0.29, 0.717) is 25.7 Å². The average molecular weight is 789 g/mol. The van der Waals surface area contributed by atoms with Crippen LogP contribution in [-0.2, 0) is 33.3 Å². The third-order valence-corrected chi connectivity index (χ3v) is 11.4. The minimum absolute atomic E-state index is 0.0611. The summed E-state index contributed by atoms with van der Waals surface area (Å²) in [6.07, 6.45) is 33.9. The van der Waals surface area contributed by atoms with Crippen LogP contribution in [0.1, 0.15) is 85.5 Å². The minimum Gasteiger partial charge on any atom is -0.481 e. The number of hydrogen-bond donors (Lipinski definition) is 3. The molecule has 2 fully saturated rings. The molecule has 6 heterocycles. The predicted molar refractivity (Wildman–Crippen MR) is 220 cm³/mol. The Labute approximate surface area is 339 Å². The summed E-state index contributed by atoms with van der Waals surface area (Å²) < 4.78 is 31.6. The van der Waals surface area contributed by atoms with Gasteiger partial charge < -0.3 is 39.0 Å². The molecular weight excluding hydrogens is 725 g/mol. The van der Waals surface area contributed by atoms with Crippen molar-refractivity contribution in [2.24, 2.45) is 17.8 Å². The van der Waals surface area contributed by atoms with Gasteiger partial charge in [-0.15, -0.1) is 0 Å². The van der Waals surface area contributed by atoms with Gasteiger partial charge in [-0.05, 0) is 63.0 Å². The van der Waals surface area contributed by atoms with E-state index in [1.165, 1.54) is 6.08 Å². The molecule has 0 aromatic rings. The maximum atomic E-state index is 13.0. The Morgan fingerprint density at radius 1 is 0.772 bits per heavy atom. The van der Waals surface area contributed by atoms with E-state index in [1.807, 2.05) is 49.5 Å². The van der Waals surface area contributed by atoms with E-state index in [1.54, 1.807) is 18.2 Å². The Morgan fingerprint density at radius 3 is 2.35 bits per heavy atom. The fraction of sp³-hybridized carbons (Fsp3) is 0.574. The molecule has 7 bridgehead atoms. The highest BCUT2D eigenvalue weighted by molar-refractivity contribution is 5.82. The molecule has 0 aromatic carbocycles. The van der Waals surface area contributed by atoms with Crippen molar-refractivity contribution in [3.05, 3.63) is 109 Å². The molecule has 10 nitrogen and oxygen atoms in total. The monoisotopic (exact) mass is 788 g/mol. The van der Waals surface area contributed by atoms with Gasteiger partial charge in [-0.3, -0.25) is 4.79 Å². The normalized spacial score (nSPS) is 38.4. The van der Waals surface area contributed by atoms with Crippen molar-refractivity contribution in [2.75, 3.05) is 0 Å². The molecule has 2 saturated heterocycles. The first-order valence-electron chi connectivity index (χ1n) is 20.9. The second-order valence-corrected chi connectivity index (χ2v) is 16.2. The summed E-state index contributed by atoms with van der Waals surface area (Å²) in [7, 11) is 0. The SMILES string of the molecule is CC(=CC(C)CCCCC(=O)O)C1OC2C=CC1OC(=O)/C=C/C=CC=CC1OC3CC1OC(C=CCC1OC(C=CC1C)C(O)C(O)/C=C\CCC=CC2)C3C. The second kappa shape index (κ2) is 22.5. The molecule has 3 N–H and O–H groups in total. The number of hydrogen-bond acceptors (Lipinski definition) is 9. The van der Waals surface area contributed by atoms with E-state index >= 15 is 0 Å². The fourth-order valence-electron chi connectivity index (χ4n) is 8.01. The van der Waals surface area contributed by atoms with Crippen molar-refractivity contribution in [1.82, 2.24) is 0 Å². The lowest BCUT2D eigenvalue weighted by Gasteiger charge is -2.34. The van der Waals surface area contributed by atoms with Gasteiger partial charge in [0.2, 0.25) is 0 Å². The Morgan fingerprint density at radius 2 is 1.53 bits per heavy atom. The van der Waals surface area contributed by atoms with Crippen molar-refractivity contribution in [3.8, 4) is 0 Å².